The first kappa shape index (κ1) is 21.9. The monoisotopic (exact) mass is 422 g/mol. The molecule has 164 valence electrons. The molecule has 4 rings (SSSR count). The molecule has 0 amide bonds. The highest BCUT2D eigenvalue weighted by Gasteiger charge is 2.51. The van der Waals surface area contributed by atoms with Gasteiger partial charge in [-0.25, -0.2) is 4.79 Å². The van der Waals surface area contributed by atoms with Crippen molar-refractivity contribution in [2.24, 2.45) is 0 Å². The van der Waals surface area contributed by atoms with Crippen LogP contribution in [0.15, 0.2) is 30.3 Å². The van der Waals surface area contributed by atoms with E-state index in [4.69, 9.17) is 18.8 Å². The number of benzene rings is 2. The Morgan fingerprint density at radius 1 is 1.00 bits per heavy atom. The van der Waals surface area contributed by atoms with Crippen molar-refractivity contribution < 1.29 is 23.6 Å². The van der Waals surface area contributed by atoms with Gasteiger partial charge in [-0.15, -0.1) is 0 Å². The lowest BCUT2D eigenvalue weighted by Gasteiger charge is -2.32. The number of esters is 1. The van der Waals surface area contributed by atoms with E-state index >= 15 is 0 Å². The van der Waals surface area contributed by atoms with Crippen LogP contribution < -0.4 is 10.2 Å². The normalized spacial score (nSPS) is 19.4. The van der Waals surface area contributed by atoms with E-state index in [0.29, 0.717) is 5.56 Å². The Kier molecular flexibility index (Phi) is 5.43. The predicted molar refractivity (Wildman–Crippen MR) is 122 cm³/mol. The summed E-state index contributed by atoms with van der Waals surface area (Å²) in [6.45, 7) is 12.4. The fraction of sp³-hybridized carbons (Fsp3) is 0.480. The first-order valence-electron chi connectivity index (χ1n) is 10.9. The van der Waals surface area contributed by atoms with Gasteiger partial charge in [-0.05, 0) is 94.7 Å². The van der Waals surface area contributed by atoms with Crippen molar-refractivity contribution in [1.82, 2.24) is 0 Å². The summed E-state index contributed by atoms with van der Waals surface area (Å²) in [5, 5.41) is 0. The van der Waals surface area contributed by atoms with Gasteiger partial charge >= 0.3 is 13.1 Å². The fourth-order valence-corrected chi connectivity index (χ4v) is 3.98. The maximum atomic E-state index is 12.2. The van der Waals surface area contributed by atoms with Crippen molar-refractivity contribution in [3.63, 3.8) is 0 Å². The molecule has 0 atom stereocenters. The lowest BCUT2D eigenvalue weighted by Crippen LogP contribution is -2.41. The van der Waals surface area contributed by atoms with E-state index in [9.17, 15) is 4.79 Å². The number of rotatable bonds is 5. The molecule has 1 aliphatic heterocycles. The molecule has 5 nitrogen and oxygen atoms in total. The van der Waals surface area contributed by atoms with E-state index in [1.54, 1.807) is 6.07 Å². The molecule has 2 aromatic carbocycles. The van der Waals surface area contributed by atoms with Gasteiger partial charge < -0.3 is 18.8 Å². The third kappa shape index (κ3) is 4.11. The van der Waals surface area contributed by atoms with Gasteiger partial charge in [-0.3, -0.25) is 0 Å². The number of carbonyl (C=O) groups is 1. The van der Waals surface area contributed by atoms with Gasteiger partial charge in [0.1, 0.15) is 5.75 Å². The number of hydrogen-bond donors (Lipinski definition) is 0. The van der Waals surface area contributed by atoms with Crippen LogP contribution in [0.1, 0.15) is 62.0 Å². The zero-order chi connectivity index (χ0) is 22.6. The third-order valence-corrected chi connectivity index (χ3v) is 6.57. The van der Waals surface area contributed by atoms with Crippen molar-refractivity contribution in [3.8, 4) is 16.9 Å². The maximum Gasteiger partial charge on any atom is 0.494 e. The summed E-state index contributed by atoms with van der Waals surface area (Å²) in [5.41, 5.74) is 4.84. The lowest BCUT2D eigenvalue weighted by molar-refractivity contribution is 0.00578. The van der Waals surface area contributed by atoms with Crippen LogP contribution in [0.25, 0.3) is 11.1 Å². The average Bonchev–Trinajstić information content (AvgIpc) is 3.47. The van der Waals surface area contributed by atoms with Crippen molar-refractivity contribution >= 4 is 18.6 Å². The molecule has 1 heterocycles. The van der Waals surface area contributed by atoms with Crippen LogP contribution in [0.2, 0.25) is 0 Å². The van der Waals surface area contributed by atoms with E-state index in [1.165, 1.54) is 7.11 Å². The standard InChI is InChI=1S/C25H31BO5/c1-15-12-18(26-30-24(3,4)25(5,6)31-26)13-16(2)22(15)20-14-17(23(27)28-7)8-11-21(20)29-19-9-10-19/h8,11-14,19H,9-10H2,1-7H3. The van der Waals surface area contributed by atoms with Crippen molar-refractivity contribution in [2.75, 3.05) is 7.11 Å². The van der Waals surface area contributed by atoms with E-state index in [0.717, 1.165) is 46.3 Å². The van der Waals surface area contributed by atoms with Crippen LogP contribution in [-0.4, -0.2) is 37.5 Å². The summed E-state index contributed by atoms with van der Waals surface area (Å²) < 4.78 is 23.6. The minimum absolute atomic E-state index is 0.257. The first-order chi connectivity index (χ1) is 14.5. The van der Waals surface area contributed by atoms with Gasteiger partial charge in [0.05, 0.1) is 30.0 Å². The number of ether oxygens (including phenoxy) is 2. The van der Waals surface area contributed by atoms with Gasteiger partial charge in [0.25, 0.3) is 0 Å². The van der Waals surface area contributed by atoms with Crippen molar-refractivity contribution in [1.29, 1.82) is 0 Å². The molecule has 0 unspecified atom stereocenters. The molecular weight excluding hydrogens is 391 g/mol. The van der Waals surface area contributed by atoms with E-state index in [-0.39, 0.29) is 12.1 Å². The smallest absolute Gasteiger partial charge is 0.490 e. The molecule has 2 aliphatic rings. The van der Waals surface area contributed by atoms with Crippen LogP contribution in [0.3, 0.4) is 0 Å². The molecule has 0 radical (unpaired) electrons. The Hall–Kier alpha value is -2.31. The Bertz CT molecular complexity index is 984. The summed E-state index contributed by atoms with van der Waals surface area (Å²) in [4.78, 5) is 12.2. The Labute approximate surface area is 185 Å². The molecule has 2 fully saturated rings. The number of hydrogen-bond acceptors (Lipinski definition) is 5. The number of carbonyl (C=O) groups excluding carboxylic acids is 1. The highest BCUT2D eigenvalue weighted by atomic mass is 16.7. The molecule has 31 heavy (non-hydrogen) atoms. The Morgan fingerprint density at radius 2 is 1.58 bits per heavy atom. The summed E-state index contributed by atoms with van der Waals surface area (Å²) >= 11 is 0. The summed E-state index contributed by atoms with van der Waals surface area (Å²) in [6.07, 6.45) is 2.39. The summed E-state index contributed by atoms with van der Waals surface area (Å²) in [7, 11) is 0.979. The van der Waals surface area contributed by atoms with E-state index in [1.807, 2.05) is 12.1 Å². The molecule has 1 aliphatic carbocycles. The lowest BCUT2D eigenvalue weighted by atomic mass is 9.76. The van der Waals surface area contributed by atoms with Crippen LogP contribution in [0.4, 0.5) is 0 Å². The topological polar surface area (TPSA) is 54.0 Å². The van der Waals surface area contributed by atoms with E-state index in [2.05, 4.69) is 53.7 Å². The van der Waals surface area contributed by atoms with Crippen molar-refractivity contribution in [3.05, 3.63) is 47.0 Å². The third-order valence-electron chi connectivity index (χ3n) is 6.57. The molecule has 2 aromatic rings. The molecular formula is C25H31BO5. The van der Waals surface area contributed by atoms with Gasteiger partial charge in [0.2, 0.25) is 0 Å². The predicted octanol–water partition coefficient (Wildman–Crippen LogP) is 4.60. The van der Waals surface area contributed by atoms with Gasteiger partial charge in [0, 0.05) is 5.56 Å². The second-order valence-corrected chi connectivity index (χ2v) is 9.64. The first-order valence-corrected chi connectivity index (χ1v) is 10.9. The van der Waals surface area contributed by atoms with Crippen molar-refractivity contribution in [2.45, 2.75) is 71.7 Å². The van der Waals surface area contributed by atoms with Crippen LogP contribution in [0.5, 0.6) is 5.75 Å². The minimum atomic E-state index is -0.417. The molecule has 1 saturated carbocycles. The SMILES string of the molecule is COC(=O)c1ccc(OC2CC2)c(-c2c(C)cc(B3OC(C)(C)C(C)(C)O3)cc2C)c1. The summed E-state index contributed by atoms with van der Waals surface area (Å²) in [6, 6.07) is 9.72. The summed E-state index contributed by atoms with van der Waals surface area (Å²) in [5.74, 6) is 0.438. The second kappa shape index (κ2) is 7.68. The molecule has 0 spiro atoms. The zero-order valence-electron chi connectivity index (χ0n) is 19.5. The molecule has 0 N–H and O–H groups in total. The van der Waals surface area contributed by atoms with Crippen LogP contribution >= 0.6 is 0 Å². The van der Waals surface area contributed by atoms with Gasteiger partial charge in [0.15, 0.2) is 0 Å². The van der Waals surface area contributed by atoms with Crippen LogP contribution in [0, 0.1) is 13.8 Å². The van der Waals surface area contributed by atoms with Gasteiger partial charge in [-0.1, -0.05) is 12.1 Å². The number of methoxy groups -OCH3 is 1. The fourth-order valence-electron chi connectivity index (χ4n) is 3.98. The van der Waals surface area contributed by atoms with Crippen LogP contribution in [-0.2, 0) is 14.0 Å². The average molecular weight is 422 g/mol. The minimum Gasteiger partial charge on any atom is -0.490 e. The largest absolute Gasteiger partial charge is 0.494 e. The zero-order valence-corrected chi connectivity index (χ0v) is 19.5. The second-order valence-electron chi connectivity index (χ2n) is 9.64. The Morgan fingerprint density at radius 3 is 2.10 bits per heavy atom. The molecule has 1 saturated heterocycles. The van der Waals surface area contributed by atoms with E-state index < -0.39 is 18.3 Å². The molecule has 0 aromatic heterocycles. The highest BCUT2D eigenvalue weighted by Crippen LogP contribution is 2.40. The molecule has 0 bridgehead atoms. The molecule has 6 heteroatoms. The van der Waals surface area contributed by atoms with Gasteiger partial charge in [-0.2, -0.15) is 0 Å². The highest BCUT2D eigenvalue weighted by molar-refractivity contribution is 6.62. The Balaban J connectivity index is 1.76. The quantitative estimate of drug-likeness (QED) is 0.521. The number of aryl methyl sites for hydroxylation is 2. The maximum absolute atomic E-state index is 12.2.